The summed E-state index contributed by atoms with van der Waals surface area (Å²) in [5.41, 5.74) is 5.47. The van der Waals surface area contributed by atoms with Crippen LogP contribution in [0, 0.1) is 7.14 Å². The summed E-state index contributed by atoms with van der Waals surface area (Å²) in [7, 11) is 0. The highest BCUT2D eigenvalue weighted by atomic mass is 127. The van der Waals surface area contributed by atoms with Crippen LogP contribution in [0.5, 0.6) is 5.75 Å². The summed E-state index contributed by atoms with van der Waals surface area (Å²) in [5, 5.41) is 4.43. The van der Waals surface area contributed by atoms with Crippen molar-refractivity contribution in [2.24, 2.45) is 0 Å². The number of hydrogen-bond donors (Lipinski definition) is 1. The predicted molar refractivity (Wildman–Crippen MR) is 166 cm³/mol. The molecule has 1 aliphatic heterocycles. The van der Waals surface area contributed by atoms with E-state index in [1.54, 1.807) is 19.1 Å². The molecule has 1 atom stereocenters. The fourth-order valence-corrected chi connectivity index (χ4v) is 7.41. The van der Waals surface area contributed by atoms with Gasteiger partial charge in [-0.15, -0.1) is 0 Å². The Morgan fingerprint density at radius 1 is 1.03 bits per heavy atom. The molecule has 1 aliphatic carbocycles. The maximum absolute atomic E-state index is 13.7. The van der Waals surface area contributed by atoms with Crippen LogP contribution < -0.4 is 10.1 Å². The molecule has 0 aromatic heterocycles. The quantitative estimate of drug-likeness (QED) is 0.204. The Morgan fingerprint density at radius 2 is 1.71 bits per heavy atom. The Kier molecular flexibility index (Phi) is 8.09. The van der Waals surface area contributed by atoms with Gasteiger partial charge in [-0.3, -0.25) is 4.79 Å². The molecule has 0 fully saturated rings. The van der Waals surface area contributed by atoms with Gasteiger partial charge in [-0.05, 0) is 88.9 Å². The summed E-state index contributed by atoms with van der Waals surface area (Å²) < 4.78 is 13.3. The third-order valence-corrected chi connectivity index (χ3v) is 8.67. The number of dihydropyridines is 1. The van der Waals surface area contributed by atoms with Crippen molar-refractivity contribution < 1.29 is 19.1 Å². The van der Waals surface area contributed by atoms with Crippen LogP contribution in [0.2, 0.25) is 10.0 Å². The smallest absolute Gasteiger partial charge is 0.336 e. The monoisotopic (exact) mass is 771 g/mol. The molecule has 0 amide bonds. The van der Waals surface area contributed by atoms with Crippen molar-refractivity contribution in [1.29, 1.82) is 0 Å². The molecule has 194 valence electrons. The average molecular weight is 772 g/mol. The highest BCUT2D eigenvalue weighted by Crippen LogP contribution is 2.48. The van der Waals surface area contributed by atoms with Gasteiger partial charge in [0.15, 0.2) is 5.78 Å². The number of hydrogen-bond acceptors (Lipinski definition) is 5. The minimum absolute atomic E-state index is 0.0925. The molecule has 1 N–H and O–H groups in total. The largest absolute Gasteiger partial charge is 0.487 e. The van der Waals surface area contributed by atoms with Crippen LogP contribution in [0.1, 0.15) is 46.8 Å². The second kappa shape index (κ2) is 11.2. The van der Waals surface area contributed by atoms with E-state index in [2.05, 4.69) is 50.5 Å². The van der Waals surface area contributed by atoms with E-state index in [1.807, 2.05) is 49.4 Å². The van der Waals surface area contributed by atoms with Gasteiger partial charge < -0.3 is 14.8 Å². The summed E-state index contributed by atoms with van der Waals surface area (Å²) in [6.45, 7) is 4.12. The van der Waals surface area contributed by atoms with Gasteiger partial charge in [0, 0.05) is 43.9 Å². The van der Waals surface area contributed by atoms with E-state index in [9.17, 15) is 9.59 Å². The molecule has 1 heterocycles. The first-order valence-electron chi connectivity index (χ1n) is 11.8. The molecule has 0 saturated heterocycles. The number of carbonyl (C=O) groups excluding carboxylic acids is 2. The summed E-state index contributed by atoms with van der Waals surface area (Å²) in [5.74, 6) is -0.429. The lowest BCUT2D eigenvalue weighted by molar-refractivity contribution is -0.138. The maximum Gasteiger partial charge on any atom is 0.336 e. The zero-order valence-electron chi connectivity index (χ0n) is 20.3. The number of halogens is 4. The first-order valence-corrected chi connectivity index (χ1v) is 14.7. The molecule has 9 heteroatoms. The SMILES string of the molecule is CCOC(=O)C1=C(C)NC2=C(C(=O)c3ccccc32)[C@@H]1c1cc(I)c(OCc2ccc(Cl)cc2Cl)c(I)c1. The molecular weight excluding hydrogens is 751 g/mol. The molecule has 3 aromatic rings. The predicted octanol–water partition coefficient (Wildman–Crippen LogP) is 7.91. The fraction of sp³-hybridized carbons (Fsp3) is 0.172. The zero-order chi connectivity index (χ0) is 27.1. The number of esters is 1. The third-order valence-electron chi connectivity index (χ3n) is 6.49. The second-order valence-corrected chi connectivity index (χ2v) is 12.0. The van der Waals surface area contributed by atoms with Gasteiger partial charge in [-0.2, -0.15) is 0 Å². The van der Waals surface area contributed by atoms with Gasteiger partial charge in [-0.25, -0.2) is 4.79 Å². The van der Waals surface area contributed by atoms with Crippen molar-refractivity contribution >= 4 is 85.8 Å². The van der Waals surface area contributed by atoms with Crippen LogP contribution in [0.15, 0.2) is 71.4 Å². The van der Waals surface area contributed by atoms with E-state index in [4.69, 9.17) is 32.7 Å². The van der Waals surface area contributed by atoms with Crippen LogP contribution in [-0.2, 0) is 16.1 Å². The standard InChI is InChI=1S/C29H21Cl2I2NO4/c1-3-37-29(36)23-14(2)34-26-18-6-4-5-7-19(18)27(35)25(26)24(23)16-10-21(32)28(22(33)11-16)38-13-15-8-9-17(30)12-20(15)31/h4-12,24,34H,3,13H2,1-2H3/t24-/m1/s1. The Bertz CT molecular complexity index is 1540. The number of allylic oxidation sites excluding steroid dienone is 2. The summed E-state index contributed by atoms with van der Waals surface area (Å²) in [6, 6.07) is 16.7. The van der Waals surface area contributed by atoms with Crippen LogP contribution >= 0.6 is 68.4 Å². The van der Waals surface area contributed by atoms with Gasteiger partial charge in [0.05, 0.1) is 25.0 Å². The van der Waals surface area contributed by atoms with Crippen molar-refractivity contribution in [1.82, 2.24) is 5.32 Å². The second-order valence-electron chi connectivity index (χ2n) is 8.82. The highest BCUT2D eigenvalue weighted by Gasteiger charge is 2.43. The lowest BCUT2D eigenvalue weighted by Crippen LogP contribution is -2.29. The van der Waals surface area contributed by atoms with Gasteiger partial charge in [0.25, 0.3) is 0 Å². The average Bonchev–Trinajstić information content (AvgIpc) is 3.15. The minimum Gasteiger partial charge on any atom is -0.487 e. The molecule has 5 nitrogen and oxygen atoms in total. The molecule has 0 spiro atoms. The van der Waals surface area contributed by atoms with Crippen LogP contribution in [0.25, 0.3) is 5.70 Å². The molecule has 0 bridgehead atoms. The molecule has 0 saturated carbocycles. The van der Waals surface area contributed by atoms with Gasteiger partial charge in [0.2, 0.25) is 0 Å². The number of ether oxygens (including phenoxy) is 2. The maximum atomic E-state index is 13.7. The first kappa shape index (κ1) is 27.5. The third kappa shape index (κ3) is 4.98. The van der Waals surface area contributed by atoms with Gasteiger partial charge >= 0.3 is 5.97 Å². The number of ketones is 1. The van der Waals surface area contributed by atoms with Crippen LogP contribution in [-0.4, -0.2) is 18.4 Å². The summed E-state index contributed by atoms with van der Waals surface area (Å²) in [4.78, 5) is 26.9. The molecule has 0 unspecified atom stereocenters. The Morgan fingerprint density at radius 3 is 2.37 bits per heavy atom. The van der Waals surface area contributed by atoms with E-state index < -0.39 is 11.9 Å². The van der Waals surface area contributed by atoms with Crippen LogP contribution in [0.3, 0.4) is 0 Å². The topological polar surface area (TPSA) is 64.6 Å². The van der Waals surface area contributed by atoms with E-state index in [0.717, 1.165) is 29.5 Å². The van der Waals surface area contributed by atoms with E-state index in [-0.39, 0.29) is 19.0 Å². The molecular formula is C29H21Cl2I2NO4. The summed E-state index contributed by atoms with van der Waals surface area (Å²) in [6.07, 6.45) is 0. The number of nitrogens with one attached hydrogen (secondary N) is 1. The first-order chi connectivity index (χ1) is 18.2. The normalized spacial score (nSPS) is 16.3. The summed E-state index contributed by atoms with van der Waals surface area (Å²) >= 11 is 16.8. The van der Waals surface area contributed by atoms with Crippen molar-refractivity contribution in [2.45, 2.75) is 26.4 Å². The van der Waals surface area contributed by atoms with Crippen molar-refractivity contribution in [3.8, 4) is 5.75 Å². The number of Topliss-reactive ketones (excluding diaryl/α,β-unsaturated/α-hetero) is 1. The number of carbonyl (C=O) groups is 2. The highest BCUT2D eigenvalue weighted by molar-refractivity contribution is 14.1. The molecule has 3 aromatic carbocycles. The molecule has 38 heavy (non-hydrogen) atoms. The van der Waals surface area contributed by atoms with Crippen molar-refractivity contribution in [3.63, 3.8) is 0 Å². The molecule has 5 rings (SSSR count). The van der Waals surface area contributed by atoms with Crippen LogP contribution in [0.4, 0.5) is 0 Å². The number of rotatable bonds is 6. The van der Waals surface area contributed by atoms with Crippen molar-refractivity contribution in [2.75, 3.05) is 6.61 Å². The number of benzene rings is 3. The van der Waals surface area contributed by atoms with Crippen molar-refractivity contribution in [3.05, 3.63) is 111 Å². The van der Waals surface area contributed by atoms with Gasteiger partial charge in [-0.1, -0.05) is 53.5 Å². The Hall–Kier alpha value is -2.08. The van der Waals surface area contributed by atoms with E-state index >= 15 is 0 Å². The minimum atomic E-state index is -0.591. The van der Waals surface area contributed by atoms with E-state index in [0.29, 0.717) is 38.2 Å². The Balaban J connectivity index is 1.57. The molecule has 2 aliphatic rings. The molecule has 0 radical (unpaired) electrons. The lowest BCUT2D eigenvalue weighted by atomic mass is 9.80. The lowest BCUT2D eigenvalue weighted by Gasteiger charge is -2.29. The fourth-order valence-electron chi connectivity index (χ4n) is 4.81. The Labute approximate surface area is 257 Å². The zero-order valence-corrected chi connectivity index (χ0v) is 26.2. The number of fused-ring (bicyclic) bond motifs is 2. The van der Waals surface area contributed by atoms with E-state index in [1.165, 1.54) is 0 Å². The van der Waals surface area contributed by atoms with Gasteiger partial charge in [0.1, 0.15) is 12.4 Å².